The normalized spacial score (nSPS) is 37.1. The maximum absolute atomic E-state index is 12.1. The highest BCUT2D eigenvalue weighted by molar-refractivity contribution is 6.42. The van der Waals surface area contributed by atoms with E-state index in [1.807, 2.05) is 0 Å². The van der Waals surface area contributed by atoms with Gasteiger partial charge < -0.3 is 14.2 Å². The molecule has 2 unspecified atom stereocenters. The Morgan fingerprint density at radius 3 is 2.42 bits per heavy atom. The van der Waals surface area contributed by atoms with E-state index in [0.29, 0.717) is 0 Å². The highest BCUT2D eigenvalue weighted by atomic mass is 28.2. The Hall–Kier alpha value is 0.244. The molecule has 0 aliphatic carbocycles. The van der Waals surface area contributed by atoms with Crippen molar-refractivity contribution in [1.29, 1.82) is 0 Å². The molecule has 0 spiro atoms. The van der Waals surface area contributed by atoms with Gasteiger partial charge in [0.2, 0.25) is 0 Å². The van der Waals surface area contributed by atoms with Gasteiger partial charge in [-0.2, -0.15) is 0 Å². The van der Waals surface area contributed by atoms with Gasteiger partial charge in [0.25, 0.3) is 0 Å². The van der Waals surface area contributed by atoms with Gasteiger partial charge in [-0.05, 0) is 38.5 Å². The Bertz CT molecular complexity index is 267. The zero-order valence-corrected chi connectivity index (χ0v) is 15.5. The van der Waals surface area contributed by atoms with Gasteiger partial charge in [0, 0.05) is 29.7 Å². The largest absolute Gasteiger partial charge is 0.383 e. The van der Waals surface area contributed by atoms with E-state index in [1.165, 1.54) is 25.7 Å². The minimum absolute atomic E-state index is 0.00301. The molecule has 2 aliphatic rings. The first-order valence-corrected chi connectivity index (χ1v) is 10.3. The number of halogens is 1. The molecule has 2 rings (SSSR count). The van der Waals surface area contributed by atoms with Crippen molar-refractivity contribution in [3.63, 3.8) is 0 Å². The number of hydrogen-bond donors (Lipinski definition) is 0. The third kappa shape index (κ3) is 3.66. The van der Waals surface area contributed by atoms with Gasteiger partial charge >= 0.3 is 0 Å². The first-order chi connectivity index (χ1) is 9.22. The Labute approximate surface area is 120 Å². The predicted octanol–water partition coefficient (Wildman–Crippen LogP) is 0.258. The van der Waals surface area contributed by atoms with Crippen LogP contribution in [0.3, 0.4) is 0 Å². The molecular formula is C13H27FO3Si2. The molecule has 0 aromatic carbocycles. The van der Waals surface area contributed by atoms with Gasteiger partial charge in [0.05, 0.1) is 26.6 Å². The Morgan fingerprint density at radius 2 is 1.84 bits per heavy atom. The highest BCUT2D eigenvalue weighted by Gasteiger charge is 2.51. The number of rotatable bonds is 6. The van der Waals surface area contributed by atoms with Crippen LogP contribution in [-0.4, -0.2) is 62.9 Å². The molecule has 0 aromatic rings. The van der Waals surface area contributed by atoms with Gasteiger partial charge in [-0.3, -0.25) is 0 Å². The zero-order chi connectivity index (χ0) is 13.6. The van der Waals surface area contributed by atoms with Crippen molar-refractivity contribution in [3.05, 3.63) is 0 Å². The molecule has 112 valence electrons. The molecule has 0 radical (unpaired) electrons. The van der Waals surface area contributed by atoms with Gasteiger partial charge in [-0.25, -0.2) is 4.39 Å². The monoisotopic (exact) mass is 306 g/mol. The van der Waals surface area contributed by atoms with Crippen molar-refractivity contribution in [2.45, 2.75) is 49.0 Å². The van der Waals surface area contributed by atoms with E-state index in [1.54, 1.807) is 0 Å². The minimum Gasteiger partial charge on any atom is -0.383 e. The first-order valence-electron chi connectivity index (χ1n) is 7.64. The van der Waals surface area contributed by atoms with Crippen LogP contribution in [0.25, 0.3) is 0 Å². The molecule has 3 nitrogen and oxygen atoms in total. The lowest BCUT2D eigenvalue weighted by molar-refractivity contribution is -0.160. The molecule has 2 saturated heterocycles. The maximum Gasteiger partial charge on any atom is 0.113 e. The van der Waals surface area contributed by atoms with Gasteiger partial charge in [0.15, 0.2) is 0 Å². The zero-order valence-electron chi connectivity index (χ0n) is 12.1. The highest BCUT2D eigenvalue weighted by Crippen LogP contribution is 2.40. The molecule has 0 N–H and O–H groups in total. The topological polar surface area (TPSA) is 27.7 Å². The SMILES string of the molecule is FCCOC[SiH2]C1(C2([SiH3])CCCCO2)CCCCO1. The van der Waals surface area contributed by atoms with Crippen LogP contribution in [0.2, 0.25) is 0 Å². The first kappa shape index (κ1) is 15.6. The van der Waals surface area contributed by atoms with Crippen LogP contribution in [0.15, 0.2) is 0 Å². The molecule has 2 heterocycles. The fourth-order valence-electron chi connectivity index (χ4n) is 3.42. The summed E-state index contributed by atoms with van der Waals surface area (Å²) in [6.07, 6.45) is 7.84. The van der Waals surface area contributed by atoms with Crippen LogP contribution in [0.1, 0.15) is 38.5 Å². The second kappa shape index (κ2) is 7.31. The molecule has 0 aromatic heterocycles. The summed E-state index contributed by atoms with van der Waals surface area (Å²) in [5, 5.41) is -0.0365. The van der Waals surface area contributed by atoms with Crippen LogP contribution in [-0.2, 0) is 14.2 Å². The Kier molecular flexibility index (Phi) is 6.01. The van der Waals surface area contributed by atoms with Crippen LogP contribution in [0.5, 0.6) is 0 Å². The molecular weight excluding hydrogens is 279 g/mol. The van der Waals surface area contributed by atoms with E-state index in [4.69, 9.17) is 14.2 Å². The number of alkyl halides is 1. The van der Waals surface area contributed by atoms with Crippen molar-refractivity contribution >= 4 is 19.8 Å². The summed E-state index contributed by atoms with van der Waals surface area (Å²) in [7, 11) is 0.457. The van der Waals surface area contributed by atoms with Crippen LogP contribution in [0, 0.1) is 0 Å². The Balaban J connectivity index is 2.00. The summed E-state index contributed by atoms with van der Waals surface area (Å²) in [4.78, 5) is 0. The summed E-state index contributed by atoms with van der Waals surface area (Å²) in [6, 6.07) is 0. The van der Waals surface area contributed by atoms with Crippen molar-refractivity contribution in [2.24, 2.45) is 0 Å². The molecule has 6 heteroatoms. The molecule has 19 heavy (non-hydrogen) atoms. The third-order valence-electron chi connectivity index (χ3n) is 4.66. The molecule has 0 bridgehead atoms. The molecule has 2 aliphatic heterocycles. The number of hydrogen-bond acceptors (Lipinski definition) is 3. The van der Waals surface area contributed by atoms with Crippen molar-refractivity contribution in [2.75, 3.05) is 32.7 Å². The molecule has 2 fully saturated rings. The second-order valence-corrected chi connectivity index (χ2v) is 9.55. The molecule has 2 atom stereocenters. The molecule has 0 saturated carbocycles. The van der Waals surface area contributed by atoms with Crippen LogP contribution >= 0.6 is 0 Å². The Morgan fingerprint density at radius 1 is 1.11 bits per heavy atom. The lowest BCUT2D eigenvalue weighted by Crippen LogP contribution is -2.64. The molecule has 0 amide bonds. The summed E-state index contributed by atoms with van der Waals surface area (Å²) in [6.45, 7) is 1.60. The summed E-state index contributed by atoms with van der Waals surface area (Å²) >= 11 is 0. The lowest BCUT2D eigenvalue weighted by Gasteiger charge is -2.52. The van der Waals surface area contributed by atoms with Gasteiger partial charge in [-0.15, -0.1) is 0 Å². The van der Waals surface area contributed by atoms with E-state index < -0.39 is 9.52 Å². The average molecular weight is 307 g/mol. The van der Waals surface area contributed by atoms with E-state index in [9.17, 15) is 4.39 Å². The smallest absolute Gasteiger partial charge is 0.113 e. The van der Waals surface area contributed by atoms with Gasteiger partial charge in [-0.1, -0.05) is 0 Å². The average Bonchev–Trinajstić information content (AvgIpc) is 2.45. The van der Waals surface area contributed by atoms with E-state index in [-0.39, 0.29) is 23.7 Å². The fraction of sp³-hybridized carbons (Fsp3) is 1.00. The summed E-state index contributed by atoms with van der Waals surface area (Å²) in [5.41, 5.74) is 0. The maximum atomic E-state index is 12.1. The minimum atomic E-state index is -0.565. The second-order valence-electron chi connectivity index (χ2n) is 5.89. The predicted molar refractivity (Wildman–Crippen MR) is 80.3 cm³/mol. The quantitative estimate of drug-likeness (QED) is 0.520. The number of ether oxygens (including phenoxy) is 3. The lowest BCUT2D eigenvalue weighted by atomic mass is 9.96. The summed E-state index contributed by atoms with van der Waals surface area (Å²) in [5.74, 6) is 0. The summed E-state index contributed by atoms with van der Waals surface area (Å²) < 4.78 is 30.0. The van der Waals surface area contributed by atoms with E-state index in [2.05, 4.69) is 0 Å². The van der Waals surface area contributed by atoms with E-state index >= 15 is 0 Å². The third-order valence-corrected chi connectivity index (χ3v) is 9.67. The van der Waals surface area contributed by atoms with Crippen LogP contribution < -0.4 is 0 Å². The van der Waals surface area contributed by atoms with Crippen molar-refractivity contribution in [1.82, 2.24) is 0 Å². The van der Waals surface area contributed by atoms with Gasteiger partial charge in [0.1, 0.15) is 6.67 Å². The van der Waals surface area contributed by atoms with E-state index in [0.717, 1.165) is 42.5 Å². The van der Waals surface area contributed by atoms with Crippen molar-refractivity contribution in [3.8, 4) is 0 Å². The van der Waals surface area contributed by atoms with Crippen LogP contribution in [0.4, 0.5) is 4.39 Å². The standard InChI is InChI=1S/C13H27FO3Si2/c14-7-10-15-11-19-13(6-2-4-9-17-13)12(18)5-1-3-8-16-12/h1-11,19H2,18H3. The van der Waals surface area contributed by atoms with Crippen molar-refractivity contribution < 1.29 is 18.6 Å². The fourth-order valence-corrected chi connectivity index (χ4v) is 7.39.